The molecule has 98 valence electrons. The van der Waals surface area contributed by atoms with Crippen molar-refractivity contribution in [3.8, 4) is 0 Å². The molecule has 1 heterocycles. The lowest BCUT2D eigenvalue weighted by atomic mass is 10.0. The van der Waals surface area contributed by atoms with E-state index in [9.17, 15) is 18.0 Å². The molecule has 17 heavy (non-hydrogen) atoms. The largest absolute Gasteiger partial charge is 0.480 e. The van der Waals surface area contributed by atoms with Gasteiger partial charge in [0.15, 0.2) is 0 Å². The summed E-state index contributed by atoms with van der Waals surface area (Å²) in [5.41, 5.74) is 0. The first-order valence-corrected chi connectivity index (χ1v) is 6.63. The van der Waals surface area contributed by atoms with Crippen LogP contribution in [0.3, 0.4) is 0 Å². The van der Waals surface area contributed by atoms with Crippen LogP contribution in [0.1, 0.15) is 12.8 Å². The Balaban J connectivity index is 2.75. The zero-order valence-electron chi connectivity index (χ0n) is 9.07. The summed E-state index contributed by atoms with van der Waals surface area (Å²) in [5, 5.41) is 17.6. The average Bonchev–Trinajstić information content (AvgIpc) is 2.14. The number of aliphatic carboxylic acids is 1. The van der Waals surface area contributed by atoms with Gasteiger partial charge in [0.05, 0.1) is 12.4 Å². The fourth-order valence-electron chi connectivity index (χ4n) is 1.73. The second-order valence-corrected chi connectivity index (χ2v) is 5.38. The predicted octanol–water partition coefficient (Wildman–Crippen LogP) is -0.442. The van der Waals surface area contributed by atoms with Gasteiger partial charge in [0.2, 0.25) is 0 Å². The van der Waals surface area contributed by atoms with E-state index in [4.69, 9.17) is 10.2 Å². The second-order valence-electron chi connectivity index (χ2n) is 3.78. The monoisotopic (exact) mass is 267 g/mol. The first-order chi connectivity index (χ1) is 7.70. The summed E-state index contributed by atoms with van der Waals surface area (Å²) < 4.78 is 26.5. The SMILES string of the molecule is CS(=O)(=O)O[C@@H]1CCN(C(=O)O)[C@@H](C(=O)O)C1. The summed E-state index contributed by atoms with van der Waals surface area (Å²) in [6.45, 7) is -0.0630. The predicted molar refractivity (Wildman–Crippen MR) is 55.1 cm³/mol. The van der Waals surface area contributed by atoms with Gasteiger partial charge in [-0.25, -0.2) is 9.59 Å². The van der Waals surface area contributed by atoms with E-state index in [1.165, 1.54) is 0 Å². The van der Waals surface area contributed by atoms with Crippen LogP contribution in [0.15, 0.2) is 0 Å². The minimum atomic E-state index is -3.67. The molecular weight excluding hydrogens is 254 g/mol. The molecule has 1 fully saturated rings. The Morgan fingerprint density at radius 2 is 1.94 bits per heavy atom. The average molecular weight is 267 g/mol. The fourth-order valence-corrected chi connectivity index (χ4v) is 2.40. The molecule has 1 aliphatic heterocycles. The van der Waals surface area contributed by atoms with E-state index in [1.807, 2.05) is 0 Å². The molecule has 2 atom stereocenters. The van der Waals surface area contributed by atoms with Crippen LogP contribution in [0.5, 0.6) is 0 Å². The van der Waals surface area contributed by atoms with Crippen molar-refractivity contribution in [2.75, 3.05) is 12.8 Å². The van der Waals surface area contributed by atoms with Gasteiger partial charge in [-0.15, -0.1) is 0 Å². The van der Waals surface area contributed by atoms with E-state index in [-0.39, 0.29) is 19.4 Å². The number of amides is 1. The maximum atomic E-state index is 10.9. The van der Waals surface area contributed by atoms with Crippen LogP contribution in [0.4, 0.5) is 4.79 Å². The number of carboxylic acid groups (broad SMARTS) is 2. The van der Waals surface area contributed by atoms with E-state index in [2.05, 4.69) is 4.18 Å². The van der Waals surface area contributed by atoms with Crippen LogP contribution >= 0.6 is 0 Å². The van der Waals surface area contributed by atoms with Gasteiger partial charge >= 0.3 is 12.1 Å². The summed E-state index contributed by atoms with van der Waals surface area (Å²) in [6, 6.07) is -1.27. The van der Waals surface area contributed by atoms with Crippen molar-refractivity contribution in [2.24, 2.45) is 0 Å². The molecule has 0 saturated carbocycles. The number of nitrogens with zero attached hydrogens (tertiary/aromatic N) is 1. The normalized spacial score (nSPS) is 25.6. The first-order valence-electron chi connectivity index (χ1n) is 4.81. The number of hydrogen-bond donors (Lipinski definition) is 2. The quantitative estimate of drug-likeness (QED) is 0.664. The third kappa shape index (κ3) is 3.86. The molecule has 0 spiro atoms. The molecule has 0 aromatic heterocycles. The number of piperidine rings is 1. The van der Waals surface area contributed by atoms with E-state index in [0.717, 1.165) is 11.2 Å². The van der Waals surface area contributed by atoms with E-state index in [1.54, 1.807) is 0 Å². The summed E-state index contributed by atoms with van der Waals surface area (Å²) in [7, 11) is -3.67. The number of rotatable bonds is 3. The maximum Gasteiger partial charge on any atom is 0.408 e. The van der Waals surface area contributed by atoms with Gasteiger partial charge in [-0.05, 0) is 6.42 Å². The van der Waals surface area contributed by atoms with Crippen molar-refractivity contribution in [3.05, 3.63) is 0 Å². The molecule has 2 N–H and O–H groups in total. The molecule has 8 nitrogen and oxygen atoms in total. The fraction of sp³-hybridized carbons (Fsp3) is 0.750. The van der Waals surface area contributed by atoms with E-state index in [0.29, 0.717) is 0 Å². The molecule has 0 aromatic carbocycles. The lowest BCUT2D eigenvalue weighted by Crippen LogP contribution is -2.51. The van der Waals surface area contributed by atoms with E-state index >= 15 is 0 Å². The van der Waals surface area contributed by atoms with Crippen molar-refractivity contribution in [2.45, 2.75) is 25.0 Å². The van der Waals surface area contributed by atoms with Crippen LogP contribution in [0, 0.1) is 0 Å². The maximum absolute atomic E-state index is 10.9. The summed E-state index contributed by atoms with van der Waals surface area (Å²) in [4.78, 5) is 22.4. The number of likely N-dealkylation sites (tertiary alicyclic amines) is 1. The molecule has 0 unspecified atom stereocenters. The van der Waals surface area contributed by atoms with Gasteiger partial charge in [-0.1, -0.05) is 0 Å². The third-order valence-corrected chi connectivity index (χ3v) is 3.02. The standard InChI is InChI=1S/C8H13NO7S/c1-17(14,15)16-5-2-3-9(8(12)13)6(4-5)7(10)11/h5-6H,2-4H2,1H3,(H,10,11)(H,12,13)/t5-,6-/m1/s1. The number of carboxylic acids is 1. The number of hydrogen-bond acceptors (Lipinski definition) is 5. The number of carbonyl (C=O) groups is 2. The molecule has 0 aromatic rings. The summed E-state index contributed by atoms with van der Waals surface area (Å²) >= 11 is 0. The minimum absolute atomic E-state index is 0.0630. The van der Waals surface area contributed by atoms with Crippen molar-refractivity contribution >= 4 is 22.2 Å². The van der Waals surface area contributed by atoms with Gasteiger partial charge in [-0.2, -0.15) is 8.42 Å². The highest BCUT2D eigenvalue weighted by Crippen LogP contribution is 2.21. The lowest BCUT2D eigenvalue weighted by Gasteiger charge is -2.34. The Morgan fingerprint density at radius 3 is 2.35 bits per heavy atom. The summed E-state index contributed by atoms with van der Waals surface area (Å²) in [5.74, 6) is -1.31. The molecule has 0 bridgehead atoms. The van der Waals surface area contributed by atoms with Crippen LogP contribution < -0.4 is 0 Å². The van der Waals surface area contributed by atoms with Crippen LogP contribution in [-0.4, -0.2) is 60.5 Å². The summed E-state index contributed by atoms with van der Waals surface area (Å²) in [6.07, 6.45) is -1.28. The van der Waals surface area contributed by atoms with Crippen molar-refractivity contribution < 1.29 is 32.4 Å². The van der Waals surface area contributed by atoms with Crippen LogP contribution in [0.2, 0.25) is 0 Å². The van der Waals surface area contributed by atoms with Crippen molar-refractivity contribution in [3.63, 3.8) is 0 Å². The second kappa shape index (κ2) is 4.88. The molecule has 0 aliphatic carbocycles. The molecule has 0 radical (unpaired) electrons. The zero-order chi connectivity index (χ0) is 13.2. The smallest absolute Gasteiger partial charge is 0.408 e. The molecular formula is C8H13NO7S. The minimum Gasteiger partial charge on any atom is -0.480 e. The van der Waals surface area contributed by atoms with Gasteiger partial charge in [-0.3, -0.25) is 9.08 Å². The molecule has 1 rings (SSSR count). The van der Waals surface area contributed by atoms with Gasteiger partial charge in [0, 0.05) is 13.0 Å². The lowest BCUT2D eigenvalue weighted by molar-refractivity contribution is -0.145. The molecule has 1 amide bonds. The Labute approximate surface area is 97.9 Å². The van der Waals surface area contributed by atoms with Crippen molar-refractivity contribution in [1.29, 1.82) is 0 Å². The highest BCUT2D eigenvalue weighted by Gasteiger charge is 2.37. The molecule has 9 heteroatoms. The van der Waals surface area contributed by atoms with E-state index < -0.39 is 34.3 Å². The van der Waals surface area contributed by atoms with Gasteiger partial charge < -0.3 is 10.2 Å². The highest BCUT2D eigenvalue weighted by molar-refractivity contribution is 7.86. The first kappa shape index (κ1) is 13.7. The topological polar surface area (TPSA) is 121 Å². The Bertz CT molecular complexity index is 418. The van der Waals surface area contributed by atoms with Crippen LogP contribution in [-0.2, 0) is 19.1 Å². The Kier molecular flexibility index (Phi) is 3.94. The zero-order valence-corrected chi connectivity index (χ0v) is 9.88. The Morgan fingerprint density at radius 1 is 1.35 bits per heavy atom. The van der Waals surface area contributed by atoms with Crippen molar-refractivity contribution in [1.82, 2.24) is 4.90 Å². The molecule has 1 aliphatic rings. The van der Waals surface area contributed by atoms with Gasteiger partial charge in [0.25, 0.3) is 10.1 Å². The van der Waals surface area contributed by atoms with Gasteiger partial charge in [0.1, 0.15) is 6.04 Å². The third-order valence-electron chi connectivity index (χ3n) is 2.40. The molecule has 1 saturated heterocycles. The highest BCUT2D eigenvalue weighted by atomic mass is 32.2. The Hall–Kier alpha value is -1.35. The van der Waals surface area contributed by atoms with Crippen LogP contribution in [0.25, 0.3) is 0 Å².